The number of aliphatic hydroxyl groups excluding tert-OH is 1. The van der Waals surface area contributed by atoms with Gasteiger partial charge in [0.25, 0.3) is 0 Å². The number of rotatable bonds is 6. The quantitative estimate of drug-likeness (QED) is 0.823. The van der Waals surface area contributed by atoms with Gasteiger partial charge in [-0.3, -0.25) is 4.79 Å². The second-order valence-electron chi connectivity index (χ2n) is 6.48. The van der Waals surface area contributed by atoms with Crippen molar-refractivity contribution in [3.8, 4) is 0 Å². The minimum absolute atomic E-state index is 0.0993. The molecule has 0 aliphatic carbocycles. The molecular weight excluding hydrogens is 340 g/mol. The van der Waals surface area contributed by atoms with Crippen molar-refractivity contribution in [2.45, 2.75) is 31.8 Å². The molecule has 1 aliphatic heterocycles. The molecule has 2 rings (SSSR count). The number of amides is 1. The van der Waals surface area contributed by atoms with Gasteiger partial charge < -0.3 is 10.0 Å². The van der Waals surface area contributed by atoms with E-state index in [0.717, 1.165) is 17.4 Å². The Morgan fingerprint density at radius 1 is 1.28 bits per heavy atom. The Kier molecular flexibility index (Phi) is 6.03. The van der Waals surface area contributed by atoms with Gasteiger partial charge in [-0.1, -0.05) is 36.4 Å². The van der Waals surface area contributed by atoms with Crippen LogP contribution in [0.25, 0.3) is 6.08 Å². The molecule has 0 saturated carbocycles. The molecule has 138 valence electrons. The fraction of sp³-hybridized carbons (Fsp3) is 0.500. The lowest BCUT2D eigenvalue weighted by molar-refractivity contribution is -0.148. The molecule has 0 spiro atoms. The van der Waals surface area contributed by atoms with E-state index in [9.17, 15) is 18.3 Å². The van der Waals surface area contributed by atoms with Crippen molar-refractivity contribution in [2.75, 3.05) is 26.5 Å². The molecule has 1 fully saturated rings. The summed E-state index contributed by atoms with van der Waals surface area (Å²) in [5, 5.41) is 9.75. The number of benzene rings is 1. The third-order valence-corrected chi connectivity index (χ3v) is 6.07. The Bertz CT molecular complexity index is 743. The molecule has 0 aromatic heterocycles. The van der Waals surface area contributed by atoms with Crippen LogP contribution in [0.3, 0.4) is 0 Å². The van der Waals surface area contributed by atoms with Crippen molar-refractivity contribution in [1.82, 2.24) is 9.21 Å². The highest BCUT2D eigenvalue weighted by Crippen LogP contribution is 2.41. The predicted octanol–water partition coefficient (Wildman–Crippen LogP) is 1.29. The molecule has 0 radical (unpaired) electrons. The van der Waals surface area contributed by atoms with Gasteiger partial charge in [0.05, 0.1) is 24.9 Å². The molecule has 6 nitrogen and oxygen atoms in total. The summed E-state index contributed by atoms with van der Waals surface area (Å²) >= 11 is 0. The zero-order valence-electron chi connectivity index (χ0n) is 15.1. The first kappa shape index (κ1) is 19.6. The van der Waals surface area contributed by atoms with Gasteiger partial charge in [0.1, 0.15) is 0 Å². The minimum atomic E-state index is -3.34. The standard InChI is InChI=1S/C18H26N2O4S/c1-5-6-14-7-9-15(10-8-14)18-16(11-19(3)25(4,23)24)20(13(2)22)17(18)12-21/h5-10,16-18,21H,11-12H2,1-4H3/b6-5+/t16-,17+,18+/m1/s1. The fourth-order valence-corrected chi connectivity index (χ4v) is 3.91. The monoisotopic (exact) mass is 366 g/mol. The molecule has 1 aromatic carbocycles. The predicted molar refractivity (Wildman–Crippen MR) is 98.5 cm³/mol. The summed E-state index contributed by atoms with van der Waals surface area (Å²) in [5.41, 5.74) is 2.07. The highest BCUT2D eigenvalue weighted by Gasteiger charge is 2.50. The highest BCUT2D eigenvalue weighted by atomic mass is 32.2. The molecule has 1 amide bonds. The number of carbonyl (C=O) groups is 1. The number of aliphatic hydroxyl groups is 1. The number of allylic oxidation sites excluding steroid dienone is 1. The van der Waals surface area contributed by atoms with Crippen LogP contribution in [0.5, 0.6) is 0 Å². The van der Waals surface area contributed by atoms with E-state index in [1.54, 1.807) is 4.90 Å². The summed E-state index contributed by atoms with van der Waals surface area (Å²) in [7, 11) is -1.84. The van der Waals surface area contributed by atoms with Crippen LogP contribution >= 0.6 is 0 Å². The Hall–Kier alpha value is -1.70. The first-order valence-electron chi connectivity index (χ1n) is 8.24. The lowest BCUT2D eigenvalue weighted by Gasteiger charge is -2.55. The molecule has 1 N–H and O–H groups in total. The summed E-state index contributed by atoms with van der Waals surface area (Å²) in [5.74, 6) is -0.259. The van der Waals surface area contributed by atoms with E-state index in [1.807, 2.05) is 43.3 Å². The topological polar surface area (TPSA) is 77.9 Å². The lowest BCUT2D eigenvalue weighted by atomic mass is 9.75. The van der Waals surface area contributed by atoms with Crippen molar-refractivity contribution in [3.63, 3.8) is 0 Å². The maximum absolute atomic E-state index is 12.0. The zero-order valence-corrected chi connectivity index (χ0v) is 15.9. The summed E-state index contributed by atoms with van der Waals surface area (Å²) in [6.07, 6.45) is 5.09. The third kappa shape index (κ3) is 4.11. The second-order valence-corrected chi connectivity index (χ2v) is 8.57. The Labute approximate surface area is 149 Å². The van der Waals surface area contributed by atoms with Crippen molar-refractivity contribution in [2.24, 2.45) is 0 Å². The number of hydrogen-bond donors (Lipinski definition) is 1. The molecule has 7 heteroatoms. The van der Waals surface area contributed by atoms with Gasteiger partial charge in [-0.2, -0.15) is 0 Å². The molecule has 0 bridgehead atoms. The van der Waals surface area contributed by atoms with E-state index >= 15 is 0 Å². The normalized spacial score (nSPS) is 23.9. The number of likely N-dealkylation sites (tertiary alicyclic amines) is 1. The van der Waals surface area contributed by atoms with Crippen molar-refractivity contribution in [1.29, 1.82) is 0 Å². The summed E-state index contributed by atoms with van der Waals surface area (Å²) in [4.78, 5) is 13.6. The number of nitrogens with zero attached hydrogens (tertiary/aromatic N) is 2. The fourth-order valence-electron chi connectivity index (χ4n) is 3.48. The van der Waals surface area contributed by atoms with Crippen molar-refractivity contribution < 1.29 is 18.3 Å². The van der Waals surface area contributed by atoms with Crippen LogP contribution in [0.1, 0.15) is 30.9 Å². The molecule has 1 aliphatic rings. The van der Waals surface area contributed by atoms with E-state index in [0.29, 0.717) is 0 Å². The largest absolute Gasteiger partial charge is 0.394 e. The zero-order chi connectivity index (χ0) is 18.8. The van der Waals surface area contributed by atoms with Crippen LogP contribution in [0.4, 0.5) is 0 Å². The summed E-state index contributed by atoms with van der Waals surface area (Å²) in [6, 6.07) is 7.31. The maximum Gasteiger partial charge on any atom is 0.220 e. The average molecular weight is 366 g/mol. The minimum Gasteiger partial charge on any atom is -0.394 e. The van der Waals surface area contributed by atoms with Gasteiger partial charge in [0.15, 0.2) is 0 Å². The molecule has 1 heterocycles. The number of likely N-dealkylation sites (N-methyl/N-ethyl adjacent to an activating group) is 1. The SMILES string of the molecule is C/C=C/c1ccc([C@H]2[C@@H](CN(C)S(C)(=O)=O)N(C(C)=O)[C@H]2CO)cc1. The molecule has 25 heavy (non-hydrogen) atoms. The van der Waals surface area contributed by atoms with Crippen LogP contribution < -0.4 is 0 Å². The maximum atomic E-state index is 12.0. The first-order chi connectivity index (χ1) is 11.7. The van der Waals surface area contributed by atoms with Crippen LogP contribution in [-0.4, -0.2) is 67.2 Å². The number of sulfonamides is 1. The van der Waals surface area contributed by atoms with E-state index < -0.39 is 10.0 Å². The van der Waals surface area contributed by atoms with E-state index in [4.69, 9.17) is 0 Å². The number of hydrogen-bond acceptors (Lipinski definition) is 4. The highest BCUT2D eigenvalue weighted by molar-refractivity contribution is 7.88. The Balaban J connectivity index is 2.32. The van der Waals surface area contributed by atoms with Gasteiger partial charge in [0.2, 0.25) is 15.9 Å². The van der Waals surface area contributed by atoms with Gasteiger partial charge in [-0.25, -0.2) is 12.7 Å². The van der Waals surface area contributed by atoms with Gasteiger partial charge in [0, 0.05) is 26.4 Å². The smallest absolute Gasteiger partial charge is 0.220 e. The van der Waals surface area contributed by atoms with Gasteiger partial charge in [-0.15, -0.1) is 0 Å². The molecular formula is C18H26N2O4S. The Morgan fingerprint density at radius 2 is 1.88 bits per heavy atom. The first-order valence-corrected chi connectivity index (χ1v) is 10.1. The molecule has 1 saturated heterocycles. The van der Waals surface area contributed by atoms with Crippen LogP contribution in [0, 0.1) is 0 Å². The van der Waals surface area contributed by atoms with Crippen LogP contribution in [-0.2, 0) is 14.8 Å². The second kappa shape index (κ2) is 7.68. The summed E-state index contributed by atoms with van der Waals surface area (Å²) in [6.45, 7) is 3.45. The third-order valence-electron chi connectivity index (χ3n) is 4.79. The van der Waals surface area contributed by atoms with Crippen molar-refractivity contribution >= 4 is 22.0 Å². The Morgan fingerprint density at radius 3 is 2.32 bits per heavy atom. The number of carbonyl (C=O) groups excluding carboxylic acids is 1. The summed E-state index contributed by atoms with van der Waals surface area (Å²) < 4.78 is 24.8. The molecule has 0 unspecified atom stereocenters. The lowest BCUT2D eigenvalue weighted by Crippen LogP contribution is -2.68. The van der Waals surface area contributed by atoms with Crippen LogP contribution in [0.2, 0.25) is 0 Å². The van der Waals surface area contributed by atoms with E-state index in [-0.39, 0.29) is 37.1 Å². The van der Waals surface area contributed by atoms with Crippen LogP contribution in [0.15, 0.2) is 30.3 Å². The van der Waals surface area contributed by atoms with Gasteiger partial charge in [-0.05, 0) is 18.1 Å². The van der Waals surface area contributed by atoms with Crippen molar-refractivity contribution in [3.05, 3.63) is 41.5 Å². The van der Waals surface area contributed by atoms with E-state index in [2.05, 4.69) is 0 Å². The van der Waals surface area contributed by atoms with E-state index in [1.165, 1.54) is 18.3 Å². The molecule has 3 atom stereocenters. The van der Waals surface area contributed by atoms with Gasteiger partial charge >= 0.3 is 0 Å². The average Bonchev–Trinajstić information content (AvgIpc) is 2.51. The molecule has 1 aromatic rings.